The van der Waals surface area contributed by atoms with E-state index in [1.165, 1.54) is 24.2 Å². The summed E-state index contributed by atoms with van der Waals surface area (Å²) in [6.07, 6.45) is 6.17. The molecule has 23 heavy (non-hydrogen) atoms. The minimum Gasteiger partial charge on any atom is -0.382 e. The number of nitrogen functional groups attached to an aromatic ring is 1. The number of nitrogens with two attached hydrogens (primary N) is 1. The number of hydrogen-bond acceptors (Lipinski definition) is 7. The molecule has 0 saturated carbocycles. The van der Waals surface area contributed by atoms with Crippen LogP contribution in [0.25, 0.3) is 0 Å². The number of amides is 1. The topological polar surface area (TPSA) is 107 Å². The summed E-state index contributed by atoms with van der Waals surface area (Å²) in [5.74, 6) is -0.335. The number of nitrogens with zero attached hydrogens (tertiary/aromatic N) is 4. The highest BCUT2D eigenvalue weighted by atomic mass is 32.2. The molecule has 0 aliphatic rings. The minimum absolute atomic E-state index is 0.0853. The predicted octanol–water partition coefficient (Wildman–Crippen LogP) is 2.25. The van der Waals surface area contributed by atoms with E-state index < -0.39 is 5.91 Å². The van der Waals surface area contributed by atoms with Gasteiger partial charge in [0, 0.05) is 30.5 Å². The molecule has 3 aromatic rings. The lowest BCUT2D eigenvalue weighted by molar-refractivity contribution is 0.102. The van der Waals surface area contributed by atoms with E-state index in [1.807, 2.05) is 18.2 Å². The van der Waals surface area contributed by atoms with Gasteiger partial charge < -0.3 is 11.1 Å². The number of carbonyl (C=O) groups excluding carboxylic acids is 1. The average Bonchev–Trinajstić information content (AvgIpc) is 2.56. The highest BCUT2D eigenvalue weighted by Crippen LogP contribution is 2.25. The van der Waals surface area contributed by atoms with Crippen LogP contribution in [0.5, 0.6) is 0 Å². The van der Waals surface area contributed by atoms with Gasteiger partial charge in [-0.15, -0.1) is 0 Å². The SMILES string of the molecule is Nc1nccnc1C(=O)Nc1ccnc(Sc2ccccn2)c1. The first-order chi connectivity index (χ1) is 11.2. The Morgan fingerprint density at radius 3 is 2.57 bits per heavy atom. The maximum Gasteiger partial charge on any atom is 0.278 e. The van der Waals surface area contributed by atoms with Crippen LogP contribution in [0.2, 0.25) is 0 Å². The Labute approximate surface area is 136 Å². The average molecular weight is 324 g/mol. The smallest absolute Gasteiger partial charge is 0.278 e. The van der Waals surface area contributed by atoms with Crippen LogP contribution < -0.4 is 11.1 Å². The maximum absolute atomic E-state index is 12.2. The Morgan fingerprint density at radius 2 is 1.78 bits per heavy atom. The van der Waals surface area contributed by atoms with Gasteiger partial charge in [-0.3, -0.25) is 4.79 Å². The standard InChI is InChI=1S/C15H12N6OS/c16-14-13(19-7-8-20-14)15(22)21-10-4-6-18-12(9-10)23-11-3-1-2-5-17-11/h1-9H,(H2,16,20)(H,18,21,22). The molecule has 0 atom stereocenters. The van der Waals surface area contributed by atoms with Gasteiger partial charge in [-0.1, -0.05) is 17.8 Å². The summed E-state index contributed by atoms with van der Waals surface area (Å²) < 4.78 is 0. The lowest BCUT2D eigenvalue weighted by Crippen LogP contribution is -2.16. The second-order valence-corrected chi connectivity index (χ2v) is 5.44. The van der Waals surface area contributed by atoms with Gasteiger partial charge in [0.1, 0.15) is 10.1 Å². The van der Waals surface area contributed by atoms with Gasteiger partial charge in [0.2, 0.25) is 0 Å². The summed E-state index contributed by atoms with van der Waals surface area (Å²) in [4.78, 5) is 28.4. The summed E-state index contributed by atoms with van der Waals surface area (Å²) in [5.41, 5.74) is 6.33. The van der Waals surface area contributed by atoms with Crippen molar-refractivity contribution in [3.63, 3.8) is 0 Å². The third kappa shape index (κ3) is 3.80. The number of hydrogen-bond donors (Lipinski definition) is 2. The van der Waals surface area contributed by atoms with Crippen LogP contribution in [0.4, 0.5) is 11.5 Å². The van der Waals surface area contributed by atoms with Crippen molar-refractivity contribution in [1.82, 2.24) is 19.9 Å². The third-order valence-corrected chi connectivity index (χ3v) is 3.66. The van der Waals surface area contributed by atoms with E-state index in [9.17, 15) is 4.79 Å². The first-order valence-electron chi connectivity index (χ1n) is 6.65. The van der Waals surface area contributed by atoms with Crippen molar-refractivity contribution in [1.29, 1.82) is 0 Å². The molecule has 3 rings (SSSR count). The molecule has 0 aliphatic carbocycles. The summed E-state index contributed by atoms with van der Waals surface area (Å²) in [5, 5.41) is 4.27. The molecule has 3 heterocycles. The fourth-order valence-electron chi connectivity index (χ4n) is 1.77. The van der Waals surface area contributed by atoms with E-state index in [4.69, 9.17) is 5.73 Å². The van der Waals surface area contributed by atoms with Gasteiger partial charge in [0.25, 0.3) is 5.91 Å². The Morgan fingerprint density at radius 1 is 0.957 bits per heavy atom. The molecule has 0 aromatic carbocycles. The van der Waals surface area contributed by atoms with Gasteiger partial charge in [0.15, 0.2) is 11.5 Å². The Bertz CT molecular complexity index is 827. The van der Waals surface area contributed by atoms with E-state index in [1.54, 1.807) is 24.5 Å². The fourth-order valence-corrected chi connectivity index (χ4v) is 2.55. The molecule has 0 radical (unpaired) electrons. The number of carbonyl (C=O) groups is 1. The van der Waals surface area contributed by atoms with Gasteiger partial charge in [-0.25, -0.2) is 19.9 Å². The molecule has 8 heteroatoms. The lowest BCUT2D eigenvalue weighted by atomic mass is 10.3. The number of rotatable bonds is 4. The molecule has 3 aromatic heterocycles. The molecule has 0 unspecified atom stereocenters. The minimum atomic E-state index is -0.421. The van der Waals surface area contributed by atoms with Crippen LogP contribution in [0.3, 0.4) is 0 Å². The predicted molar refractivity (Wildman–Crippen MR) is 87.0 cm³/mol. The van der Waals surface area contributed by atoms with Gasteiger partial charge in [-0.05, 0) is 24.3 Å². The van der Waals surface area contributed by atoms with Gasteiger partial charge >= 0.3 is 0 Å². The molecule has 0 saturated heterocycles. The van der Waals surface area contributed by atoms with Crippen molar-refractivity contribution in [3.8, 4) is 0 Å². The molecule has 7 nitrogen and oxygen atoms in total. The second-order valence-electron chi connectivity index (χ2n) is 4.40. The number of pyridine rings is 2. The van der Waals surface area contributed by atoms with Crippen molar-refractivity contribution in [3.05, 3.63) is 60.8 Å². The molecular weight excluding hydrogens is 312 g/mol. The fraction of sp³-hybridized carbons (Fsp3) is 0. The van der Waals surface area contributed by atoms with Gasteiger partial charge in [-0.2, -0.15) is 0 Å². The Balaban J connectivity index is 1.75. The van der Waals surface area contributed by atoms with Crippen molar-refractivity contribution >= 4 is 29.2 Å². The van der Waals surface area contributed by atoms with Crippen LogP contribution in [0.1, 0.15) is 10.5 Å². The Kier molecular flexibility index (Phi) is 4.44. The van der Waals surface area contributed by atoms with Crippen molar-refractivity contribution in [2.75, 3.05) is 11.1 Å². The van der Waals surface area contributed by atoms with Crippen molar-refractivity contribution in [2.24, 2.45) is 0 Å². The second kappa shape index (κ2) is 6.84. The molecule has 3 N–H and O–H groups in total. The molecule has 0 bridgehead atoms. The quantitative estimate of drug-likeness (QED) is 0.758. The van der Waals surface area contributed by atoms with E-state index >= 15 is 0 Å². The molecule has 0 spiro atoms. The largest absolute Gasteiger partial charge is 0.382 e. The number of aromatic nitrogens is 4. The van der Waals surface area contributed by atoms with Crippen LogP contribution in [-0.2, 0) is 0 Å². The monoisotopic (exact) mass is 324 g/mol. The highest BCUT2D eigenvalue weighted by molar-refractivity contribution is 7.99. The molecular formula is C15H12N6OS. The lowest BCUT2D eigenvalue weighted by Gasteiger charge is -2.07. The summed E-state index contributed by atoms with van der Waals surface area (Å²) in [6, 6.07) is 9.08. The third-order valence-electron chi connectivity index (χ3n) is 2.78. The summed E-state index contributed by atoms with van der Waals surface area (Å²) in [7, 11) is 0. The van der Waals surface area contributed by atoms with Crippen LogP contribution in [0, 0.1) is 0 Å². The normalized spacial score (nSPS) is 10.3. The Hall–Kier alpha value is -3.00. The van der Waals surface area contributed by atoms with Crippen LogP contribution in [0.15, 0.2) is 65.2 Å². The van der Waals surface area contributed by atoms with E-state index in [0.29, 0.717) is 10.7 Å². The molecule has 0 fully saturated rings. The number of anilines is 2. The first-order valence-corrected chi connectivity index (χ1v) is 7.47. The van der Waals surface area contributed by atoms with Crippen LogP contribution >= 0.6 is 11.8 Å². The maximum atomic E-state index is 12.2. The van der Waals surface area contributed by atoms with E-state index in [0.717, 1.165) is 5.03 Å². The zero-order chi connectivity index (χ0) is 16.1. The number of nitrogens with one attached hydrogen (secondary N) is 1. The van der Waals surface area contributed by atoms with Gasteiger partial charge in [0.05, 0.1) is 0 Å². The summed E-state index contributed by atoms with van der Waals surface area (Å²) >= 11 is 1.40. The van der Waals surface area contributed by atoms with Crippen molar-refractivity contribution in [2.45, 2.75) is 10.1 Å². The molecule has 1 amide bonds. The molecule has 0 aliphatic heterocycles. The van der Waals surface area contributed by atoms with E-state index in [2.05, 4.69) is 25.3 Å². The summed E-state index contributed by atoms with van der Waals surface area (Å²) in [6.45, 7) is 0. The van der Waals surface area contributed by atoms with Crippen LogP contribution in [-0.4, -0.2) is 25.8 Å². The molecule has 114 valence electrons. The zero-order valence-electron chi connectivity index (χ0n) is 11.9. The highest BCUT2D eigenvalue weighted by Gasteiger charge is 2.12. The zero-order valence-corrected chi connectivity index (χ0v) is 12.7. The van der Waals surface area contributed by atoms with E-state index in [-0.39, 0.29) is 11.5 Å². The van der Waals surface area contributed by atoms with Crippen molar-refractivity contribution < 1.29 is 4.79 Å². The first kappa shape index (κ1) is 14.9.